The normalized spacial score (nSPS) is 14.5. The number of unbranched alkanes of at least 4 members (excludes halogenated alkanes) is 28. The molecule has 586 valence electrons. The molecule has 102 heavy (non-hydrogen) atoms. The van der Waals surface area contributed by atoms with Crippen molar-refractivity contribution in [1.29, 1.82) is 0 Å². The van der Waals surface area contributed by atoms with Gasteiger partial charge in [-0.15, -0.1) is 0 Å². The van der Waals surface area contributed by atoms with E-state index in [1.807, 2.05) is 0 Å². The fourth-order valence-electron chi connectivity index (χ4n) is 10.4. The molecule has 17 nitrogen and oxygen atoms in total. The Hall–Kier alpha value is -4.54. The summed E-state index contributed by atoms with van der Waals surface area (Å²) in [5.41, 5.74) is 0. The van der Waals surface area contributed by atoms with Gasteiger partial charge in [-0.3, -0.25) is 37.3 Å². The van der Waals surface area contributed by atoms with Gasteiger partial charge in [0.1, 0.15) is 19.3 Å². The van der Waals surface area contributed by atoms with Crippen LogP contribution in [0.2, 0.25) is 0 Å². The van der Waals surface area contributed by atoms with E-state index in [1.165, 1.54) is 57.8 Å². The van der Waals surface area contributed by atoms with Crippen LogP contribution in [0.15, 0.2) is 122 Å². The summed E-state index contributed by atoms with van der Waals surface area (Å²) >= 11 is 0. The van der Waals surface area contributed by atoms with Crippen molar-refractivity contribution in [2.24, 2.45) is 0 Å². The summed E-state index contributed by atoms with van der Waals surface area (Å²) < 4.78 is 68.5. The second kappa shape index (κ2) is 74.7. The van der Waals surface area contributed by atoms with Crippen LogP contribution in [0.5, 0.6) is 0 Å². The number of esters is 4. The Bertz CT molecular complexity index is 2410. The fraction of sp³-hybridized carbons (Fsp3) is 0.711. The minimum Gasteiger partial charge on any atom is -0.462 e. The molecule has 0 amide bonds. The van der Waals surface area contributed by atoms with Gasteiger partial charge in [-0.25, -0.2) is 9.13 Å². The zero-order chi connectivity index (χ0) is 74.6. The van der Waals surface area contributed by atoms with Crippen LogP contribution in [0.25, 0.3) is 0 Å². The van der Waals surface area contributed by atoms with Crippen molar-refractivity contribution >= 4 is 39.5 Å². The molecule has 0 saturated carbocycles. The maximum absolute atomic E-state index is 13.1. The van der Waals surface area contributed by atoms with E-state index >= 15 is 0 Å². The molecule has 0 heterocycles. The van der Waals surface area contributed by atoms with Crippen molar-refractivity contribution in [3.63, 3.8) is 0 Å². The van der Waals surface area contributed by atoms with E-state index in [1.54, 1.807) is 0 Å². The van der Waals surface area contributed by atoms with E-state index < -0.39 is 97.5 Å². The minimum atomic E-state index is -4.99. The maximum Gasteiger partial charge on any atom is 0.472 e. The molecule has 0 fully saturated rings. The summed E-state index contributed by atoms with van der Waals surface area (Å²) in [7, 11) is -9.97. The number of phosphoric ester groups is 2. The molecule has 0 spiro atoms. The number of aliphatic hydroxyl groups excluding tert-OH is 1. The van der Waals surface area contributed by atoms with Gasteiger partial charge in [-0.1, -0.05) is 284 Å². The number of allylic oxidation sites excluding steroid dienone is 20. The fourth-order valence-corrected chi connectivity index (χ4v) is 12.0. The number of hydrogen-bond acceptors (Lipinski definition) is 15. The molecular formula is C83H142O17P2. The standard InChI is InChI=1S/C83H142O17P2/c1-5-9-13-17-21-25-29-32-35-37-38-40-42-45-49-52-56-60-64-68-81(86)94-74-79(100-83(88)70-66-62-58-54-50-46-43-39-36-33-30-26-22-18-14-10-6-2)76-98-102(91,92)96-72-77(84)71-95-101(89,90)97-75-78(99-82(87)69-65-61-57-53-47-28-24-20-16-12-8-4)73-93-80(85)67-63-59-55-51-48-44-41-34-31-27-23-19-15-11-7-3/h9-10,13-14,21-23,25-27,32-36,38,40-41,43,46,77-79,84H,5-8,11-12,15-20,24,28-31,37,39,42,44-45,47-76H2,1-4H3,(H,89,90)(H,91,92)/b13-9-,14-10-,25-21-,26-22-,27-23-,35-32-,36-33-,40-38-,41-34-,46-43-. The smallest absolute Gasteiger partial charge is 0.462 e. The lowest BCUT2D eigenvalue weighted by atomic mass is 10.1. The first-order valence-electron chi connectivity index (χ1n) is 39.8. The Morgan fingerprint density at radius 1 is 0.284 bits per heavy atom. The van der Waals surface area contributed by atoms with Crippen molar-refractivity contribution in [1.82, 2.24) is 0 Å². The highest BCUT2D eigenvalue weighted by molar-refractivity contribution is 7.47. The van der Waals surface area contributed by atoms with Crippen molar-refractivity contribution in [2.45, 2.75) is 341 Å². The third kappa shape index (κ3) is 73.8. The molecule has 0 aliphatic carbocycles. The topological polar surface area (TPSA) is 237 Å². The Balaban J connectivity index is 5.37. The van der Waals surface area contributed by atoms with Crippen molar-refractivity contribution in [2.75, 3.05) is 39.6 Å². The molecule has 0 aliphatic heterocycles. The molecule has 0 aromatic carbocycles. The summed E-state index contributed by atoms with van der Waals surface area (Å²) in [5.74, 6) is -2.22. The van der Waals surface area contributed by atoms with Gasteiger partial charge in [0.25, 0.3) is 0 Å². The van der Waals surface area contributed by atoms with E-state index in [9.17, 15) is 43.2 Å². The minimum absolute atomic E-state index is 0.0612. The SMILES string of the molecule is CC/C=C\C/C=C\C/C=C\C/C=C\CCCCCCCCC(=O)OCC(COP(=O)(O)OCC(O)COP(=O)(O)OCC(COC(=O)CCCCCCC/C=C\C/C=C\CCCCC)OC(=O)CCCCCCCCCCCCC)OC(=O)CCCCCC/C=C\C/C=C\C/C=C\C/C=C\CC. The molecule has 0 aromatic heterocycles. The number of aliphatic hydroxyl groups is 1. The highest BCUT2D eigenvalue weighted by Gasteiger charge is 2.30. The summed E-state index contributed by atoms with van der Waals surface area (Å²) in [5, 5.41) is 10.6. The van der Waals surface area contributed by atoms with Crippen LogP contribution in [0.3, 0.4) is 0 Å². The second-order valence-electron chi connectivity index (χ2n) is 26.2. The first-order valence-corrected chi connectivity index (χ1v) is 42.8. The monoisotopic (exact) mass is 1470 g/mol. The zero-order valence-corrected chi connectivity index (χ0v) is 65.8. The van der Waals surface area contributed by atoms with Crippen LogP contribution in [0, 0.1) is 0 Å². The highest BCUT2D eigenvalue weighted by atomic mass is 31.2. The maximum atomic E-state index is 13.1. The molecule has 5 atom stereocenters. The molecule has 0 bridgehead atoms. The van der Waals surface area contributed by atoms with Crippen LogP contribution in [-0.2, 0) is 65.4 Å². The first-order chi connectivity index (χ1) is 49.7. The summed E-state index contributed by atoms with van der Waals surface area (Å²) in [6.07, 6.45) is 81.8. The van der Waals surface area contributed by atoms with Crippen LogP contribution in [0.1, 0.15) is 323 Å². The predicted octanol–water partition coefficient (Wildman–Crippen LogP) is 23.1. The molecule has 3 N–H and O–H groups in total. The van der Waals surface area contributed by atoms with E-state index in [4.69, 9.17) is 37.0 Å². The van der Waals surface area contributed by atoms with E-state index in [2.05, 4.69) is 149 Å². The number of ether oxygens (including phenoxy) is 4. The van der Waals surface area contributed by atoms with Gasteiger partial charge >= 0.3 is 39.5 Å². The van der Waals surface area contributed by atoms with Crippen molar-refractivity contribution in [3.05, 3.63) is 122 Å². The molecule has 0 aromatic rings. The quantitative estimate of drug-likeness (QED) is 0.0169. The Kier molecular flexibility index (Phi) is 71.4. The van der Waals surface area contributed by atoms with Crippen LogP contribution in [-0.4, -0.2) is 96.7 Å². The van der Waals surface area contributed by atoms with Crippen LogP contribution >= 0.6 is 15.6 Å². The number of rotatable bonds is 74. The van der Waals surface area contributed by atoms with Gasteiger partial charge in [0, 0.05) is 25.7 Å². The molecule has 0 rings (SSSR count). The lowest BCUT2D eigenvalue weighted by molar-refractivity contribution is -0.161. The lowest BCUT2D eigenvalue weighted by Crippen LogP contribution is -2.30. The van der Waals surface area contributed by atoms with E-state index in [0.717, 1.165) is 186 Å². The highest BCUT2D eigenvalue weighted by Crippen LogP contribution is 2.45. The number of carbonyl (C=O) groups excluding carboxylic acids is 4. The average molecular weight is 1470 g/mol. The summed E-state index contributed by atoms with van der Waals surface area (Å²) in [4.78, 5) is 73.0. The molecule has 0 aliphatic rings. The second-order valence-corrected chi connectivity index (χ2v) is 29.2. The molecule has 0 radical (unpaired) electrons. The summed E-state index contributed by atoms with van der Waals surface area (Å²) in [6, 6.07) is 0. The Morgan fingerprint density at radius 2 is 0.510 bits per heavy atom. The van der Waals surface area contributed by atoms with Crippen LogP contribution in [0.4, 0.5) is 0 Å². The first kappa shape index (κ1) is 97.5. The molecule has 5 unspecified atom stereocenters. The van der Waals surface area contributed by atoms with E-state index in [0.29, 0.717) is 25.7 Å². The Morgan fingerprint density at radius 3 is 0.804 bits per heavy atom. The van der Waals surface area contributed by atoms with Crippen molar-refractivity contribution < 1.29 is 80.2 Å². The zero-order valence-electron chi connectivity index (χ0n) is 64.0. The third-order valence-electron chi connectivity index (χ3n) is 16.4. The summed E-state index contributed by atoms with van der Waals surface area (Å²) in [6.45, 7) is 4.58. The predicted molar refractivity (Wildman–Crippen MR) is 418 cm³/mol. The molecular weight excluding hydrogens is 1330 g/mol. The van der Waals surface area contributed by atoms with Gasteiger partial charge < -0.3 is 33.8 Å². The largest absolute Gasteiger partial charge is 0.472 e. The number of phosphoric acid groups is 2. The van der Waals surface area contributed by atoms with Gasteiger partial charge in [0.2, 0.25) is 0 Å². The van der Waals surface area contributed by atoms with Gasteiger partial charge in [0.15, 0.2) is 12.2 Å². The number of hydrogen-bond donors (Lipinski definition) is 3. The molecule has 0 saturated heterocycles. The van der Waals surface area contributed by atoms with Gasteiger partial charge in [0.05, 0.1) is 26.4 Å². The Labute approximate surface area is 619 Å². The lowest BCUT2D eigenvalue weighted by Gasteiger charge is -2.21. The molecule has 19 heteroatoms. The van der Waals surface area contributed by atoms with Gasteiger partial charge in [-0.05, 0) is 135 Å². The van der Waals surface area contributed by atoms with Crippen molar-refractivity contribution in [3.8, 4) is 0 Å². The number of carbonyl (C=O) groups is 4. The van der Waals surface area contributed by atoms with E-state index in [-0.39, 0.29) is 25.7 Å². The van der Waals surface area contributed by atoms with Crippen LogP contribution < -0.4 is 0 Å². The van der Waals surface area contributed by atoms with Gasteiger partial charge in [-0.2, -0.15) is 0 Å². The average Bonchev–Trinajstić information content (AvgIpc) is 0.921. The third-order valence-corrected chi connectivity index (χ3v) is 18.3.